The molecule has 0 unspecified atom stereocenters. The lowest BCUT2D eigenvalue weighted by Gasteiger charge is -2.12. The van der Waals surface area contributed by atoms with Crippen LogP contribution >= 0.6 is 0 Å². The van der Waals surface area contributed by atoms with Gasteiger partial charge in [0.2, 0.25) is 0 Å². The Morgan fingerprint density at radius 3 is 2.40 bits per heavy atom. The zero-order chi connectivity index (χ0) is 11.1. The summed E-state index contributed by atoms with van der Waals surface area (Å²) in [6, 6.07) is 4.13. The van der Waals surface area contributed by atoms with Crippen LogP contribution in [0.1, 0.15) is 25.0 Å². The standard InChI is InChI=1S/C15H16/c1-11-5-6-13-7-9-15(3,4)10-8-14(13)12(11)2/h5-10H,1-2H2,3-4H3. The predicted octanol–water partition coefficient (Wildman–Crippen LogP) is 2.57. The molecule has 0 bridgehead atoms. The molecule has 15 heavy (non-hydrogen) atoms. The van der Waals surface area contributed by atoms with Crippen LogP contribution in [0.15, 0.2) is 24.3 Å². The van der Waals surface area contributed by atoms with Gasteiger partial charge in [0.05, 0.1) is 0 Å². The average Bonchev–Trinajstić information content (AvgIpc) is 2.32. The fraction of sp³-hybridized carbons (Fsp3) is 0.200. The second-order valence-corrected chi connectivity index (χ2v) is 4.69. The van der Waals surface area contributed by atoms with Crippen molar-refractivity contribution in [3.05, 3.63) is 45.8 Å². The first-order valence-corrected chi connectivity index (χ1v) is 5.19. The largest absolute Gasteiger partial charge is 0.0912 e. The van der Waals surface area contributed by atoms with E-state index in [9.17, 15) is 0 Å². The molecule has 0 saturated heterocycles. The van der Waals surface area contributed by atoms with Gasteiger partial charge in [0, 0.05) is 5.41 Å². The van der Waals surface area contributed by atoms with Crippen molar-refractivity contribution in [3.63, 3.8) is 0 Å². The Balaban J connectivity index is 2.74. The molecule has 1 aliphatic carbocycles. The monoisotopic (exact) mass is 196 g/mol. The highest BCUT2D eigenvalue weighted by atomic mass is 14.2. The minimum Gasteiger partial charge on any atom is -0.0912 e. The number of hydrogen-bond acceptors (Lipinski definition) is 0. The summed E-state index contributed by atoms with van der Waals surface area (Å²) in [7, 11) is 0. The molecular formula is C15H16. The van der Waals surface area contributed by atoms with Crippen LogP contribution < -0.4 is 10.4 Å². The summed E-state index contributed by atoms with van der Waals surface area (Å²) in [5.74, 6) is 0. The third-order valence-corrected chi connectivity index (χ3v) is 2.86. The van der Waals surface area contributed by atoms with Gasteiger partial charge in [-0.2, -0.15) is 0 Å². The van der Waals surface area contributed by atoms with Gasteiger partial charge in [0.15, 0.2) is 0 Å². The van der Waals surface area contributed by atoms with Gasteiger partial charge in [0.1, 0.15) is 0 Å². The first-order chi connectivity index (χ1) is 6.99. The molecule has 0 N–H and O–H groups in total. The molecule has 0 nitrogen and oxygen atoms in total. The number of benzene rings is 1. The average molecular weight is 196 g/mol. The molecule has 0 amide bonds. The second kappa shape index (κ2) is 3.23. The Labute approximate surface area is 91.0 Å². The van der Waals surface area contributed by atoms with Crippen molar-refractivity contribution < 1.29 is 0 Å². The third-order valence-electron chi connectivity index (χ3n) is 2.86. The van der Waals surface area contributed by atoms with Crippen LogP contribution in [0.2, 0.25) is 0 Å². The van der Waals surface area contributed by atoms with E-state index in [1.54, 1.807) is 0 Å². The van der Waals surface area contributed by atoms with E-state index in [2.05, 4.69) is 57.4 Å². The van der Waals surface area contributed by atoms with Crippen molar-refractivity contribution in [2.45, 2.75) is 13.8 Å². The van der Waals surface area contributed by atoms with Gasteiger partial charge in [-0.1, -0.05) is 63.4 Å². The van der Waals surface area contributed by atoms with Crippen LogP contribution in [0.4, 0.5) is 0 Å². The lowest BCUT2D eigenvalue weighted by molar-refractivity contribution is 0.633. The van der Waals surface area contributed by atoms with Crippen molar-refractivity contribution in [2.75, 3.05) is 0 Å². The van der Waals surface area contributed by atoms with Gasteiger partial charge < -0.3 is 0 Å². The smallest absolute Gasteiger partial charge is 0.00111 e. The Morgan fingerprint density at radius 1 is 1.00 bits per heavy atom. The van der Waals surface area contributed by atoms with E-state index in [0.29, 0.717) is 0 Å². The van der Waals surface area contributed by atoms with E-state index in [1.807, 2.05) is 6.07 Å². The highest BCUT2D eigenvalue weighted by molar-refractivity contribution is 5.69. The summed E-state index contributed by atoms with van der Waals surface area (Å²) in [5.41, 5.74) is 2.55. The molecule has 1 aromatic carbocycles. The zero-order valence-corrected chi connectivity index (χ0v) is 9.38. The lowest BCUT2D eigenvalue weighted by Crippen LogP contribution is -2.24. The van der Waals surface area contributed by atoms with Crippen molar-refractivity contribution in [2.24, 2.45) is 5.41 Å². The molecular weight excluding hydrogens is 180 g/mol. The summed E-state index contributed by atoms with van der Waals surface area (Å²) < 4.78 is 0. The summed E-state index contributed by atoms with van der Waals surface area (Å²) in [4.78, 5) is 0. The molecule has 0 atom stereocenters. The van der Waals surface area contributed by atoms with Crippen LogP contribution in [-0.4, -0.2) is 0 Å². The molecule has 0 aromatic heterocycles. The van der Waals surface area contributed by atoms with Gasteiger partial charge in [0.25, 0.3) is 0 Å². The first-order valence-electron chi connectivity index (χ1n) is 5.19. The number of hydrogen-bond donors (Lipinski definition) is 0. The normalized spacial score (nSPS) is 17.2. The van der Waals surface area contributed by atoms with Gasteiger partial charge >= 0.3 is 0 Å². The zero-order valence-electron chi connectivity index (χ0n) is 9.38. The van der Waals surface area contributed by atoms with E-state index in [-0.39, 0.29) is 5.41 Å². The van der Waals surface area contributed by atoms with Gasteiger partial charge in [-0.3, -0.25) is 0 Å². The molecule has 1 aromatic rings. The number of fused-ring (bicyclic) bond motifs is 1. The Morgan fingerprint density at radius 2 is 1.67 bits per heavy atom. The van der Waals surface area contributed by atoms with E-state index in [4.69, 9.17) is 0 Å². The molecule has 0 radical (unpaired) electrons. The Kier molecular flexibility index (Phi) is 2.15. The Bertz CT molecular complexity index is 542. The fourth-order valence-corrected chi connectivity index (χ4v) is 1.73. The maximum Gasteiger partial charge on any atom is 0.00111 e. The van der Waals surface area contributed by atoms with E-state index >= 15 is 0 Å². The van der Waals surface area contributed by atoms with E-state index < -0.39 is 0 Å². The van der Waals surface area contributed by atoms with E-state index in [0.717, 1.165) is 10.4 Å². The van der Waals surface area contributed by atoms with Crippen LogP contribution in [0, 0.1) is 5.41 Å². The van der Waals surface area contributed by atoms with E-state index in [1.165, 1.54) is 11.1 Å². The second-order valence-electron chi connectivity index (χ2n) is 4.69. The minimum atomic E-state index is 0.118. The quantitative estimate of drug-likeness (QED) is 0.598. The molecule has 0 fully saturated rings. The minimum absolute atomic E-state index is 0.118. The number of rotatable bonds is 0. The SMILES string of the molecule is C=c1ccc2c(c1=C)C=CC(C)(C)C=C2. The van der Waals surface area contributed by atoms with Crippen molar-refractivity contribution in [3.8, 4) is 0 Å². The molecule has 0 saturated carbocycles. The van der Waals surface area contributed by atoms with Crippen LogP contribution in [0.5, 0.6) is 0 Å². The Hall–Kier alpha value is -1.56. The van der Waals surface area contributed by atoms with Crippen molar-refractivity contribution in [1.29, 1.82) is 0 Å². The van der Waals surface area contributed by atoms with Gasteiger partial charge in [-0.25, -0.2) is 0 Å². The van der Waals surface area contributed by atoms with Crippen molar-refractivity contribution >= 4 is 25.3 Å². The van der Waals surface area contributed by atoms with Crippen LogP contribution in [-0.2, 0) is 0 Å². The maximum atomic E-state index is 4.08. The molecule has 0 heterocycles. The summed E-state index contributed by atoms with van der Waals surface area (Å²) in [6.07, 6.45) is 8.76. The van der Waals surface area contributed by atoms with Crippen molar-refractivity contribution in [1.82, 2.24) is 0 Å². The molecule has 0 spiro atoms. The maximum absolute atomic E-state index is 4.08. The summed E-state index contributed by atoms with van der Waals surface area (Å²) in [6.45, 7) is 12.4. The molecule has 76 valence electrons. The predicted molar refractivity (Wildman–Crippen MR) is 68.6 cm³/mol. The molecule has 1 aliphatic rings. The molecule has 0 heteroatoms. The summed E-state index contributed by atoms with van der Waals surface area (Å²) in [5, 5.41) is 2.04. The summed E-state index contributed by atoms with van der Waals surface area (Å²) >= 11 is 0. The van der Waals surface area contributed by atoms with Crippen LogP contribution in [0.25, 0.3) is 25.3 Å². The fourth-order valence-electron chi connectivity index (χ4n) is 1.73. The van der Waals surface area contributed by atoms with Crippen LogP contribution in [0.3, 0.4) is 0 Å². The molecule has 2 rings (SSSR count). The van der Waals surface area contributed by atoms with Gasteiger partial charge in [-0.15, -0.1) is 0 Å². The number of allylic oxidation sites excluding steroid dienone is 2. The molecule has 0 aliphatic heterocycles. The highest BCUT2D eigenvalue weighted by Crippen LogP contribution is 2.25. The lowest BCUT2D eigenvalue weighted by atomic mass is 9.93. The third kappa shape index (κ3) is 1.80. The first kappa shape index (κ1) is 9.97. The highest BCUT2D eigenvalue weighted by Gasteiger charge is 2.12. The topological polar surface area (TPSA) is 0 Å². The van der Waals surface area contributed by atoms with Gasteiger partial charge in [-0.05, 0) is 21.6 Å².